The van der Waals surface area contributed by atoms with E-state index < -0.39 is 0 Å². The molecule has 0 bridgehead atoms. The topological polar surface area (TPSA) is 88.5 Å². The van der Waals surface area contributed by atoms with Crippen molar-refractivity contribution in [2.75, 3.05) is 5.32 Å². The van der Waals surface area contributed by atoms with E-state index in [1.54, 1.807) is 11.7 Å². The number of amides is 1. The van der Waals surface area contributed by atoms with E-state index in [-0.39, 0.29) is 5.91 Å². The van der Waals surface area contributed by atoms with Crippen LogP contribution in [0.3, 0.4) is 0 Å². The van der Waals surface area contributed by atoms with E-state index in [2.05, 4.69) is 25.6 Å². The number of nitrogens with zero attached hydrogens (tertiary/aromatic N) is 4. The molecule has 0 saturated carbocycles. The van der Waals surface area contributed by atoms with Gasteiger partial charge >= 0.3 is 0 Å². The van der Waals surface area contributed by atoms with Crippen molar-refractivity contribution in [1.82, 2.24) is 25.0 Å². The van der Waals surface area contributed by atoms with E-state index in [1.807, 2.05) is 24.3 Å². The smallest absolute Gasteiger partial charge is 0.279 e. The molecule has 2 aromatic heterocycles. The molecule has 2 N–H and O–H groups in total. The van der Waals surface area contributed by atoms with Gasteiger partial charge in [-0.15, -0.1) is 0 Å². The summed E-state index contributed by atoms with van der Waals surface area (Å²) in [6.45, 7) is 0. The van der Waals surface area contributed by atoms with Gasteiger partial charge in [0.15, 0.2) is 5.69 Å². The molecule has 0 fully saturated rings. The van der Waals surface area contributed by atoms with Crippen molar-refractivity contribution < 1.29 is 4.79 Å². The molecule has 0 radical (unpaired) electrons. The average Bonchev–Trinajstić information content (AvgIpc) is 2.98. The largest absolute Gasteiger partial charge is 0.289 e. The predicted molar refractivity (Wildman–Crippen MR) is 65.0 cm³/mol. The summed E-state index contributed by atoms with van der Waals surface area (Å²) in [6.07, 6.45) is 1.33. The van der Waals surface area contributed by atoms with Crippen LogP contribution in [0.1, 0.15) is 10.5 Å². The van der Waals surface area contributed by atoms with Gasteiger partial charge in [0.05, 0.1) is 5.52 Å². The van der Waals surface area contributed by atoms with Gasteiger partial charge in [-0.25, -0.2) is 5.10 Å². The van der Waals surface area contributed by atoms with Crippen LogP contribution in [-0.2, 0) is 7.05 Å². The highest BCUT2D eigenvalue weighted by atomic mass is 16.2. The Balaban J connectivity index is 2.01. The maximum absolute atomic E-state index is 12.1. The third-order valence-corrected chi connectivity index (χ3v) is 2.62. The first-order valence-corrected chi connectivity index (χ1v) is 5.34. The Morgan fingerprint density at radius 3 is 3.00 bits per heavy atom. The van der Waals surface area contributed by atoms with Crippen molar-refractivity contribution in [3.8, 4) is 0 Å². The van der Waals surface area contributed by atoms with Gasteiger partial charge in [0, 0.05) is 12.4 Å². The lowest BCUT2D eigenvalue weighted by Gasteiger charge is -1.97. The van der Waals surface area contributed by atoms with E-state index in [4.69, 9.17) is 0 Å². The molecule has 3 aromatic rings. The lowest BCUT2D eigenvalue weighted by Crippen LogP contribution is -2.14. The molecular weight excluding hydrogens is 232 g/mol. The Bertz CT molecular complexity index is 699. The summed E-state index contributed by atoms with van der Waals surface area (Å²) in [5, 5.41) is 13.8. The van der Waals surface area contributed by atoms with E-state index >= 15 is 0 Å². The average molecular weight is 242 g/mol. The molecular formula is C11H10N6O. The number of aromatic amines is 1. The van der Waals surface area contributed by atoms with E-state index in [1.165, 1.54) is 6.33 Å². The number of carbonyl (C=O) groups excluding carboxylic acids is 1. The molecule has 0 aliphatic heterocycles. The van der Waals surface area contributed by atoms with Crippen LogP contribution in [0, 0.1) is 0 Å². The molecule has 90 valence electrons. The van der Waals surface area contributed by atoms with Crippen LogP contribution in [0.4, 0.5) is 5.95 Å². The Morgan fingerprint density at radius 1 is 1.39 bits per heavy atom. The van der Waals surface area contributed by atoms with Gasteiger partial charge in [0.1, 0.15) is 6.33 Å². The fraction of sp³-hybridized carbons (Fsp3) is 0.0909. The maximum atomic E-state index is 12.1. The van der Waals surface area contributed by atoms with Crippen LogP contribution in [0.15, 0.2) is 30.6 Å². The first-order chi connectivity index (χ1) is 8.75. The van der Waals surface area contributed by atoms with Crippen molar-refractivity contribution >= 4 is 22.8 Å². The van der Waals surface area contributed by atoms with Gasteiger partial charge in [0.2, 0.25) is 5.95 Å². The molecule has 1 amide bonds. The fourth-order valence-corrected chi connectivity index (χ4v) is 1.81. The lowest BCUT2D eigenvalue weighted by atomic mass is 10.2. The molecule has 3 rings (SSSR count). The number of benzene rings is 1. The minimum Gasteiger partial charge on any atom is -0.289 e. The first-order valence-electron chi connectivity index (χ1n) is 5.34. The van der Waals surface area contributed by atoms with E-state index in [0.717, 1.165) is 10.9 Å². The summed E-state index contributed by atoms with van der Waals surface area (Å²) < 4.78 is 1.67. The molecule has 1 aromatic carbocycles. The van der Waals surface area contributed by atoms with E-state index in [9.17, 15) is 4.79 Å². The minimum atomic E-state index is -0.316. The Morgan fingerprint density at radius 2 is 2.22 bits per heavy atom. The number of hydrogen-bond acceptors (Lipinski definition) is 4. The van der Waals surface area contributed by atoms with Crippen LogP contribution in [0.5, 0.6) is 0 Å². The predicted octanol–water partition coefficient (Wildman–Crippen LogP) is 0.944. The summed E-state index contributed by atoms with van der Waals surface area (Å²) >= 11 is 0. The SMILES string of the molecule is Cn1nc(C(=O)Nc2ncn[nH]2)c2ccccc21. The second-order valence-corrected chi connectivity index (χ2v) is 3.78. The highest BCUT2D eigenvalue weighted by Gasteiger charge is 2.16. The minimum absolute atomic E-state index is 0.301. The molecule has 7 nitrogen and oxygen atoms in total. The number of H-pyrrole nitrogens is 1. The number of carbonyl (C=O) groups is 1. The quantitative estimate of drug-likeness (QED) is 0.700. The molecule has 0 unspecified atom stereocenters. The molecule has 2 heterocycles. The lowest BCUT2D eigenvalue weighted by molar-refractivity contribution is 0.102. The number of fused-ring (bicyclic) bond motifs is 1. The number of para-hydroxylation sites is 1. The van der Waals surface area contributed by atoms with Crippen LogP contribution in [0.25, 0.3) is 10.9 Å². The molecule has 0 aliphatic carbocycles. The Labute approximate surface area is 102 Å². The number of aromatic nitrogens is 5. The summed E-state index contributed by atoms with van der Waals surface area (Å²) in [5.41, 5.74) is 1.27. The van der Waals surface area contributed by atoms with Crippen molar-refractivity contribution in [2.45, 2.75) is 0 Å². The third kappa shape index (κ3) is 1.61. The number of aryl methyl sites for hydroxylation is 1. The zero-order valence-electron chi connectivity index (χ0n) is 9.58. The number of anilines is 1. The monoisotopic (exact) mass is 242 g/mol. The molecule has 18 heavy (non-hydrogen) atoms. The van der Waals surface area contributed by atoms with Crippen molar-refractivity contribution in [2.24, 2.45) is 7.05 Å². The van der Waals surface area contributed by atoms with Gasteiger partial charge in [-0.1, -0.05) is 18.2 Å². The van der Waals surface area contributed by atoms with Gasteiger partial charge in [-0.2, -0.15) is 15.2 Å². The second kappa shape index (κ2) is 3.95. The van der Waals surface area contributed by atoms with Gasteiger partial charge in [0.25, 0.3) is 5.91 Å². The highest BCUT2D eigenvalue weighted by Crippen LogP contribution is 2.17. The molecule has 0 aliphatic rings. The van der Waals surface area contributed by atoms with Crippen molar-refractivity contribution in [3.05, 3.63) is 36.3 Å². The summed E-state index contributed by atoms with van der Waals surface area (Å²) in [7, 11) is 1.80. The molecule has 0 atom stereocenters. The van der Waals surface area contributed by atoms with Crippen molar-refractivity contribution in [3.63, 3.8) is 0 Å². The third-order valence-electron chi connectivity index (χ3n) is 2.62. The van der Waals surface area contributed by atoms with Crippen LogP contribution in [-0.4, -0.2) is 30.9 Å². The first kappa shape index (κ1) is 10.5. The van der Waals surface area contributed by atoms with Gasteiger partial charge < -0.3 is 0 Å². The zero-order valence-corrected chi connectivity index (χ0v) is 9.58. The number of rotatable bonds is 2. The zero-order chi connectivity index (χ0) is 12.5. The second-order valence-electron chi connectivity index (χ2n) is 3.78. The number of hydrogen-bond donors (Lipinski definition) is 2. The normalized spacial score (nSPS) is 10.7. The number of nitrogens with one attached hydrogen (secondary N) is 2. The highest BCUT2D eigenvalue weighted by molar-refractivity contribution is 6.10. The Hall–Kier alpha value is -2.70. The maximum Gasteiger partial charge on any atom is 0.279 e. The molecule has 7 heteroatoms. The van der Waals surface area contributed by atoms with Crippen molar-refractivity contribution in [1.29, 1.82) is 0 Å². The van der Waals surface area contributed by atoms with Gasteiger partial charge in [-0.3, -0.25) is 14.8 Å². The Kier molecular flexibility index (Phi) is 2.30. The standard InChI is InChI=1S/C11H10N6O/c1-17-8-5-3-2-4-7(8)9(16-17)10(18)14-11-12-6-13-15-11/h2-6H,1H3,(H2,12,13,14,15,18). The molecule has 0 saturated heterocycles. The summed E-state index contributed by atoms with van der Waals surface area (Å²) in [4.78, 5) is 15.9. The van der Waals surface area contributed by atoms with Crippen LogP contribution >= 0.6 is 0 Å². The van der Waals surface area contributed by atoms with Crippen LogP contribution < -0.4 is 5.32 Å². The fourth-order valence-electron chi connectivity index (χ4n) is 1.81. The summed E-state index contributed by atoms with van der Waals surface area (Å²) in [6, 6.07) is 7.54. The summed E-state index contributed by atoms with van der Waals surface area (Å²) in [5.74, 6) is -0.0155. The van der Waals surface area contributed by atoms with Gasteiger partial charge in [-0.05, 0) is 6.07 Å². The van der Waals surface area contributed by atoms with E-state index in [0.29, 0.717) is 11.6 Å². The molecule has 0 spiro atoms. The van der Waals surface area contributed by atoms with Crippen LogP contribution in [0.2, 0.25) is 0 Å².